The first-order valence-electron chi connectivity index (χ1n) is 14.8. The number of rotatable bonds is 13. The molecule has 0 spiro atoms. The van der Waals surface area contributed by atoms with Crippen LogP contribution in [0.1, 0.15) is 58.1 Å². The van der Waals surface area contributed by atoms with Gasteiger partial charge in [0.1, 0.15) is 30.5 Å². The second-order valence-corrected chi connectivity index (χ2v) is 12.7. The van der Waals surface area contributed by atoms with Crippen LogP contribution in [0.5, 0.6) is 0 Å². The lowest BCUT2D eigenvalue weighted by atomic mass is 9.87. The van der Waals surface area contributed by atoms with Gasteiger partial charge >= 0.3 is 5.97 Å². The van der Waals surface area contributed by atoms with Crippen LogP contribution in [0.25, 0.3) is 0 Å². The Morgan fingerprint density at radius 2 is 1.60 bits per heavy atom. The Kier molecular flexibility index (Phi) is 10.5. The summed E-state index contributed by atoms with van der Waals surface area (Å²) in [6.07, 6.45) is -3.73. The molecule has 0 aliphatic carbocycles. The van der Waals surface area contributed by atoms with E-state index in [0.29, 0.717) is 19.3 Å². The molecule has 2 aliphatic heterocycles. The van der Waals surface area contributed by atoms with Crippen molar-refractivity contribution in [3.63, 3.8) is 0 Å². The fourth-order valence-corrected chi connectivity index (χ4v) is 5.96. The summed E-state index contributed by atoms with van der Waals surface area (Å²) in [4.78, 5) is 12.9. The highest BCUT2D eigenvalue weighted by Crippen LogP contribution is 2.51. The predicted molar refractivity (Wildman–Crippen MR) is 155 cm³/mol. The number of carbonyl (C=O) groups excluding carboxylic acids is 1. The highest BCUT2D eigenvalue weighted by atomic mass is 16.8. The molecule has 0 amide bonds. The topological polar surface area (TPSA) is 135 Å². The van der Waals surface area contributed by atoms with Gasteiger partial charge in [-0.15, -0.1) is 0 Å². The molecule has 8 atom stereocenters. The summed E-state index contributed by atoms with van der Waals surface area (Å²) in [7, 11) is 0. The summed E-state index contributed by atoms with van der Waals surface area (Å²) in [6, 6.07) is 19.3. The van der Waals surface area contributed by atoms with Crippen LogP contribution in [0, 0.1) is 11.3 Å². The summed E-state index contributed by atoms with van der Waals surface area (Å²) < 4.78 is 24.5. The van der Waals surface area contributed by atoms with Gasteiger partial charge in [-0.3, -0.25) is 4.79 Å². The van der Waals surface area contributed by atoms with E-state index in [-0.39, 0.29) is 24.9 Å². The van der Waals surface area contributed by atoms with Gasteiger partial charge < -0.3 is 39.4 Å². The molecule has 0 unspecified atom stereocenters. The van der Waals surface area contributed by atoms with Crippen LogP contribution in [-0.4, -0.2) is 81.5 Å². The molecule has 2 aromatic carbocycles. The molecule has 2 aliphatic rings. The van der Waals surface area contributed by atoms with Crippen molar-refractivity contribution in [2.45, 2.75) is 102 Å². The molecule has 2 bridgehead atoms. The summed E-state index contributed by atoms with van der Waals surface area (Å²) in [5.41, 5.74) is -0.381. The third kappa shape index (κ3) is 6.89. The number of esters is 1. The number of benzene rings is 2. The first-order chi connectivity index (χ1) is 20.0. The molecule has 0 saturated carbocycles. The summed E-state index contributed by atoms with van der Waals surface area (Å²) in [5, 5.41) is 43.1. The number of carbonyl (C=O) groups is 1. The zero-order valence-corrected chi connectivity index (χ0v) is 25.0. The Labute approximate surface area is 248 Å². The molecule has 9 heteroatoms. The minimum atomic E-state index is -1.70. The van der Waals surface area contributed by atoms with E-state index >= 15 is 0 Å². The molecule has 0 radical (unpaired) electrons. The van der Waals surface area contributed by atoms with E-state index in [2.05, 4.69) is 0 Å². The molecule has 0 aromatic heterocycles. The summed E-state index contributed by atoms with van der Waals surface area (Å²) in [6.45, 7) is 6.50. The largest absolute Gasteiger partial charge is 0.462 e. The number of fused-ring (bicyclic) bond motifs is 2. The lowest BCUT2D eigenvalue weighted by Gasteiger charge is -2.48. The number of ether oxygens (including phenoxy) is 4. The zero-order chi connectivity index (χ0) is 30.5. The van der Waals surface area contributed by atoms with Gasteiger partial charge in [0, 0.05) is 6.42 Å². The third-order valence-electron chi connectivity index (χ3n) is 8.40. The number of hydrogen-bond donors (Lipinski definition) is 4. The monoisotopic (exact) mass is 586 g/mol. The van der Waals surface area contributed by atoms with E-state index in [4.69, 9.17) is 18.9 Å². The molecule has 2 fully saturated rings. The molecule has 42 heavy (non-hydrogen) atoms. The Hall–Kier alpha value is -2.37. The SMILES string of the molecule is C[C@H](Cc1ccccc1)[C@@H](CCC[C@]12O[C@H](CO)[C@@H](OCc3ccccc3)[C@](CO)(O1)[C@H](O)[C@H]2O)OC(=O)C(C)(C)C. The van der Waals surface area contributed by atoms with Crippen molar-refractivity contribution in [3.05, 3.63) is 71.8 Å². The minimum Gasteiger partial charge on any atom is -0.462 e. The average molecular weight is 587 g/mol. The van der Waals surface area contributed by atoms with Crippen LogP contribution in [0.2, 0.25) is 0 Å². The van der Waals surface area contributed by atoms with Crippen LogP contribution >= 0.6 is 0 Å². The van der Waals surface area contributed by atoms with E-state index in [9.17, 15) is 25.2 Å². The van der Waals surface area contributed by atoms with Gasteiger partial charge in [0.05, 0.1) is 25.2 Å². The lowest BCUT2D eigenvalue weighted by Crippen LogP contribution is -2.64. The fraction of sp³-hybridized carbons (Fsp3) is 0.606. The maximum Gasteiger partial charge on any atom is 0.311 e. The van der Waals surface area contributed by atoms with Gasteiger partial charge in [0.25, 0.3) is 0 Å². The molecule has 9 nitrogen and oxygen atoms in total. The minimum absolute atomic E-state index is 0.000902. The molecule has 2 aromatic rings. The predicted octanol–water partition coefficient (Wildman–Crippen LogP) is 3.15. The first-order valence-corrected chi connectivity index (χ1v) is 14.8. The Bertz CT molecular complexity index is 1140. The molecular formula is C33H46O9. The number of aliphatic hydroxyl groups is 4. The third-order valence-corrected chi connectivity index (χ3v) is 8.40. The summed E-state index contributed by atoms with van der Waals surface area (Å²) >= 11 is 0. The second-order valence-electron chi connectivity index (χ2n) is 12.7. The fourth-order valence-electron chi connectivity index (χ4n) is 5.96. The van der Waals surface area contributed by atoms with E-state index in [0.717, 1.165) is 11.1 Å². The maximum absolute atomic E-state index is 12.9. The molecule has 4 N–H and O–H groups in total. The van der Waals surface area contributed by atoms with Crippen LogP contribution in [0.4, 0.5) is 0 Å². The summed E-state index contributed by atoms with van der Waals surface area (Å²) in [5.74, 6) is -1.98. The molecular weight excluding hydrogens is 540 g/mol. The van der Waals surface area contributed by atoms with Crippen LogP contribution < -0.4 is 0 Å². The highest BCUT2D eigenvalue weighted by Gasteiger charge is 2.71. The number of hydrogen-bond acceptors (Lipinski definition) is 9. The molecule has 232 valence electrons. The molecule has 4 rings (SSSR count). The highest BCUT2D eigenvalue weighted by molar-refractivity contribution is 5.75. The van der Waals surface area contributed by atoms with E-state index < -0.39 is 60.5 Å². The van der Waals surface area contributed by atoms with Gasteiger partial charge in [0.15, 0.2) is 11.4 Å². The van der Waals surface area contributed by atoms with E-state index in [1.54, 1.807) is 0 Å². The smallest absolute Gasteiger partial charge is 0.311 e. The zero-order valence-electron chi connectivity index (χ0n) is 25.0. The van der Waals surface area contributed by atoms with Gasteiger partial charge in [-0.2, -0.15) is 0 Å². The second kappa shape index (κ2) is 13.5. The van der Waals surface area contributed by atoms with Crippen LogP contribution in [0.15, 0.2) is 60.7 Å². The van der Waals surface area contributed by atoms with Crippen LogP contribution in [0.3, 0.4) is 0 Å². The van der Waals surface area contributed by atoms with Gasteiger partial charge in [-0.05, 0) is 57.1 Å². The normalized spacial score (nSPS) is 30.6. The van der Waals surface area contributed by atoms with E-state index in [1.807, 2.05) is 88.4 Å². The lowest BCUT2D eigenvalue weighted by molar-refractivity contribution is -0.378. The Morgan fingerprint density at radius 1 is 0.976 bits per heavy atom. The first kappa shape index (κ1) is 32.5. The van der Waals surface area contributed by atoms with Crippen molar-refractivity contribution in [2.24, 2.45) is 11.3 Å². The average Bonchev–Trinajstić information content (AvgIpc) is 3.15. The van der Waals surface area contributed by atoms with Crippen molar-refractivity contribution in [2.75, 3.05) is 13.2 Å². The van der Waals surface area contributed by atoms with Crippen molar-refractivity contribution in [1.82, 2.24) is 0 Å². The van der Waals surface area contributed by atoms with Gasteiger partial charge in [-0.1, -0.05) is 67.6 Å². The number of aliphatic hydroxyl groups excluding tert-OH is 4. The Balaban J connectivity index is 1.49. The van der Waals surface area contributed by atoms with Crippen molar-refractivity contribution in [1.29, 1.82) is 0 Å². The molecule has 2 saturated heterocycles. The molecule has 2 heterocycles. The van der Waals surface area contributed by atoms with Gasteiger partial charge in [-0.25, -0.2) is 0 Å². The van der Waals surface area contributed by atoms with Crippen molar-refractivity contribution < 1.29 is 44.2 Å². The van der Waals surface area contributed by atoms with Crippen LogP contribution in [-0.2, 0) is 36.8 Å². The quantitative estimate of drug-likeness (QED) is 0.261. The Morgan fingerprint density at radius 3 is 2.17 bits per heavy atom. The van der Waals surface area contributed by atoms with Crippen molar-refractivity contribution >= 4 is 5.97 Å². The maximum atomic E-state index is 12.9. The standard InChI is InChI=1S/C33H46O9/c1-22(18-23-12-7-5-8-13-23)25(40-30(38)31(2,3)4)16-11-17-33-28(37)27(36)32(21-35,42-33)29(26(19-34)41-33)39-20-24-14-9-6-10-15-24/h5-10,12-15,22,25-29,34-37H,11,16-21H2,1-4H3/t22-,25-,26-,27-,28-,29-,32-,33+/m1/s1. The van der Waals surface area contributed by atoms with Crippen molar-refractivity contribution in [3.8, 4) is 0 Å². The van der Waals surface area contributed by atoms with Gasteiger partial charge in [0.2, 0.25) is 0 Å². The van der Waals surface area contributed by atoms with E-state index in [1.165, 1.54) is 0 Å².